The van der Waals surface area contributed by atoms with Gasteiger partial charge in [-0.1, -0.05) is 36.4 Å². The number of carbonyl (C=O) groups is 2. The molecule has 0 radical (unpaired) electrons. The summed E-state index contributed by atoms with van der Waals surface area (Å²) in [7, 11) is 1.60. The van der Waals surface area contributed by atoms with Gasteiger partial charge in [0.05, 0.1) is 7.11 Å². The van der Waals surface area contributed by atoms with Crippen molar-refractivity contribution in [3.05, 3.63) is 60.2 Å². The summed E-state index contributed by atoms with van der Waals surface area (Å²) in [6.45, 7) is 0.552. The Morgan fingerprint density at radius 1 is 0.926 bits per heavy atom. The molecule has 0 unspecified atom stereocenters. The Balaban J connectivity index is 1.45. The van der Waals surface area contributed by atoms with Gasteiger partial charge in [0.25, 0.3) is 0 Å². The molecular formula is C22H26N2O3. The average Bonchev–Trinajstić information content (AvgIpc) is 2.73. The van der Waals surface area contributed by atoms with Crippen molar-refractivity contribution >= 4 is 17.5 Å². The number of hydrogen-bond donors (Lipinski definition) is 2. The predicted octanol–water partition coefficient (Wildman–Crippen LogP) is 3.76. The highest BCUT2D eigenvalue weighted by atomic mass is 16.5. The average molecular weight is 366 g/mol. The molecule has 0 aromatic heterocycles. The summed E-state index contributed by atoms with van der Waals surface area (Å²) in [6.07, 6.45) is 2.96. The van der Waals surface area contributed by atoms with Crippen LogP contribution in [0.1, 0.15) is 31.2 Å². The molecule has 2 aromatic carbocycles. The van der Waals surface area contributed by atoms with Crippen LogP contribution in [0.2, 0.25) is 0 Å². The minimum absolute atomic E-state index is 0.00502. The highest BCUT2D eigenvalue weighted by Gasteiger charge is 2.29. The van der Waals surface area contributed by atoms with E-state index in [0.717, 1.165) is 36.9 Å². The third-order valence-electron chi connectivity index (χ3n) is 5.12. The fourth-order valence-electron chi connectivity index (χ4n) is 3.49. The van der Waals surface area contributed by atoms with E-state index in [1.165, 1.54) is 0 Å². The van der Waals surface area contributed by atoms with Crippen LogP contribution in [0.3, 0.4) is 0 Å². The molecule has 1 fully saturated rings. The quantitative estimate of drug-likeness (QED) is 0.818. The van der Waals surface area contributed by atoms with Crippen LogP contribution in [0.5, 0.6) is 5.75 Å². The maximum atomic E-state index is 12.5. The van der Waals surface area contributed by atoms with E-state index in [4.69, 9.17) is 4.74 Å². The molecule has 1 aliphatic rings. The summed E-state index contributed by atoms with van der Waals surface area (Å²) in [4.78, 5) is 24.9. The summed E-state index contributed by atoms with van der Waals surface area (Å²) in [5, 5.41) is 5.97. The number of ether oxygens (including phenoxy) is 1. The highest BCUT2D eigenvalue weighted by molar-refractivity contribution is 5.93. The minimum Gasteiger partial charge on any atom is -0.497 e. The van der Waals surface area contributed by atoms with Crippen molar-refractivity contribution in [2.24, 2.45) is 11.8 Å². The molecule has 3 rings (SSSR count). The molecule has 2 aromatic rings. The zero-order valence-electron chi connectivity index (χ0n) is 15.6. The Kier molecular flexibility index (Phi) is 6.47. The van der Waals surface area contributed by atoms with E-state index in [1.54, 1.807) is 13.2 Å². The maximum absolute atomic E-state index is 12.5. The van der Waals surface area contributed by atoms with Gasteiger partial charge in [-0.3, -0.25) is 9.59 Å². The molecule has 0 atom stereocenters. The van der Waals surface area contributed by atoms with E-state index in [1.807, 2.05) is 48.5 Å². The van der Waals surface area contributed by atoms with Gasteiger partial charge in [-0.15, -0.1) is 0 Å². The first-order chi connectivity index (χ1) is 13.2. The van der Waals surface area contributed by atoms with Crippen LogP contribution in [0, 0.1) is 11.8 Å². The van der Waals surface area contributed by atoms with Crippen LogP contribution in [0.25, 0.3) is 0 Å². The first-order valence-corrected chi connectivity index (χ1v) is 9.42. The summed E-state index contributed by atoms with van der Waals surface area (Å²) in [6, 6.07) is 17.2. The lowest BCUT2D eigenvalue weighted by Crippen LogP contribution is -2.35. The zero-order chi connectivity index (χ0) is 19.1. The lowest BCUT2D eigenvalue weighted by atomic mass is 9.81. The van der Waals surface area contributed by atoms with Gasteiger partial charge in [-0.25, -0.2) is 0 Å². The first-order valence-electron chi connectivity index (χ1n) is 9.42. The fraction of sp³-hybridized carbons (Fsp3) is 0.364. The second-order valence-corrected chi connectivity index (χ2v) is 6.97. The minimum atomic E-state index is -0.0469. The monoisotopic (exact) mass is 366 g/mol. The molecule has 5 nitrogen and oxygen atoms in total. The molecule has 1 saturated carbocycles. The lowest BCUT2D eigenvalue weighted by Gasteiger charge is -2.27. The Morgan fingerprint density at radius 3 is 2.26 bits per heavy atom. The highest BCUT2D eigenvalue weighted by Crippen LogP contribution is 2.30. The van der Waals surface area contributed by atoms with E-state index >= 15 is 0 Å². The molecule has 5 heteroatoms. The van der Waals surface area contributed by atoms with Gasteiger partial charge in [-0.2, -0.15) is 0 Å². The van der Waals surface area contributed by atoms with Crippen molar-refractivity contribution < 1.29 is 14.3 Å². The van der Waals surface area contributed by atoms with Crippen LogP contribution in [-0.4, -0.2) is 18.9 Å². The van der Waals surface area contributed by atoms with Crippen LogP contribution >= 0.6 is 0 Å². The predicted molar refractivity (Wildman–Crippen MR) is 105 cm³/mol. The SMILES string of the molecule is COc1cccc(NC(=O)C2CCC(C(=O)NCc3ccccc3)CC2)c1. The van der Waals surface area contributed by atoms with E-state index in [-0.39, 0.29) is 23.7 Å². The first kappa shape index (κ1) is 19.0. The number of amides is 2. The lowest BCUT2D eigenvalue weighted by molar-refractivity contribution is -0.128. The molecule has 142 valence electrons. The van der Waals surface area contributed by atoms with Crippen LogP contribution in [0.4, 0.5) is 5.69 Å². The van der Waals surface area contributed by atoms with Crippen molar-refractivity contribution in [2.75, 3.05) is 12.4 Å². The van der Waals surface area contributed by atoms with Gasteiger partial charge in [0.15, 0.2) is 0 Å². The Hall–Kier alpha value is -2.82. The Morgan fingerprint density at radius 2 is 1.59 bits per heavy atom. The van der Waals surface area contributed by atoms with Crippen molar-refractivity contribution in [1.82, 2.24) is 5.32 Å². The molecule has 2 amide bonds. The molecule has 0 bridgehead atoms. The van der Waals surface area contributed by atoms with Crippen molar-refractivity contribution in [1.29, 1.82) is 0 Å². The largest absolute Gasteiger partial charge is 0.497 e. The summed E-state index contributed by atoms with van der Waals surface area (Å²) >= 11 is 0. The number of methoxy groups -OCH3 is 1. The van der Waals surface area contributed by atoms with Gasteiger partial charge >= 0.3 is 0 Å². The number of carbonyl (C=O) groups excluding carboxylic acids is 2. The number of nitrogens with one attached hydrogen (secondary N) is 2. The van der Waals surface area contributed by atoms with Gasteiger partial charge in [0, 0.05) is 30.1 Å². The fourth-order valence-corrected chi connectivity index (χ4v) is 3.49. The maximum Gasteiger partial charge on any atom is 0.227 e. The standard InChI is InChI=1S/C22H26N2O3/c1-27-20-9-5-8-19(14-20)24-22(26)18-12-10-17(11-13-18)21(25)23-15-16-6-3-2-4-7-16/h2-9,14,17-18H,10-13,15H2,1H3,(H,23,25)(H,24,26). The van der Waals surface area contributed by atoms with Crippen LogP contribution in [-0.2, 0) is 16.1 Å². The second-order valence-electron chi connectivity index (χ2n) is 6.97. The second kappa shape index (κ2) is 9.21. The third-order valence-corrected chi connectivity index (χ3v) is 5.12. The molecule has 27 heavy (non-hydrogen) atoms. The Labute approximate surface area is 160 Å². The summed E-state index contributed by atoms with van der Waals surface area (Å²) < 4.78 is 5.18. The van der Waals surface area contributed by atoms with E-state index in [0.29, 0.717) is 12.3 Å². The van der Waals surface area contributed by atoms with Crippen molar-refractivity contribution in [3.63, 3.8) is 0 Å². The molecular weight excluding hydrogens is 340 g/mol. The van der Waals surface area contributed by atoms with E-state index in [2.05, 4.69) is 10.6 Å². The Bertz CT molecular complexity index is 768. The van der Waals surface area contributed by atoms with E-state index in [9.17, 15) is 9.59 Å². The van der Waals surface area contributed by atoms with Crippen LogP contribution in [0.15, 0.2) is 54.6 Å². The van der Waals surface area contributed by atoms with E-state index < -0.39 is 0 Å². The summed E-state index contributed by atoms with van der Waals surface area (Å²) in [5.74, 6) is 0.771. The number of anilines is 1. The van der Waals surface area contributed by atoms with Gasteiger partial charge < -0.3 is 15.4 Å². The van der Waals surface area contributed by atoms with Gasteiger partial charge in [-0.05, 0) is 43.4 Å². The third kappa shape index (κ3) is 5.33. The molecule has 0 saturated heterocycles. The van der Waals surface area contributed by atoms with Crippen molar-refractivity contribution in [3.8, 4) is 5.75 Å². The van der Waals surface area contributed by atoms with Gasteiger partial charge in [0.1, 0.15) is 5.75 Å². The number of rotatable bonds is 6. The summed E-state index contributed by atoms with van der Waals surface area (Å²) in [5.41, 5.74) is 1.83. The molecule has 0 spiro atoms. The normalized spacial score (nSPS) is 19.1. The number of benzene rings is 2. The smallest absolute Gasteiger partial charge is 0.227 e. The topological polar surface area (TPSA) is 67.4 Å². The molecule has 0 aliphatic heterocycles. The van der Waals surface area contributed by atoms with Gasteiger partial charge in [0.2, 0.25) is 11.8 Å². The molecule has 2 N–H and O–H groups in total. The number of hydrogen-bond acceptors (Lipinski definition) is 3. The molecule has 1 aliphatic carbocycles. The zero-order valence-corrected chi connectivity index (χ0v) is 15.6. The molecule has 0 heterocycles. The van der Waals surface area contributed by atoms with Crippen molar-refractivity contribution in [2.45, 2.75) is 32.2 Å². The van der Waals surface area contributed by atoms with Crippen LogP contribution < -0.4 is 15.4 Å².